The molecule has 1 aromatic carbocycles. The lowest BCUT2D eigenvalue weighted by atomic mass is 9.98. The van der Waals surface area contributed by atoms with Crippen molar-refractivity contribution in [2.45, 2.75) is 13.3 Å². The summed E-state index contributed by atoms with van der Waals surface area (Å²) in [5, 5.41) is 14.8. The summed E-state index contributed by atoms with van der Waals surface area (Å²) < 4.78 is 0. The van der Waals surface area contributed by atoms with E-state index >= 15 is 0 Å². The SMILES string of the molecule is CCNC(=O)NC1=Nc2cc(-c3cccnc3)cc(C#N)c2C1. The molecule has 23 heavy (non-hydrogen) atoms. The number of aromatic nitrogens is 1. The average molecular weight is 305 g/mol. The van der Waals surface area contributed by atoms with E-state index in [4.69, 9.17) is 0 Å². The number of pyridine rings is 1. The number of amidine groups is 1. The zero-order chi connectivity index (χ0) is 16.2. The predicted octanol–water partition coefficient (Wildman–Crippen LogP) is 2.53. The maximum Gasteiger partial charge on any atom is 0.320 e. The molecule has 0 aliphatic carbocycles. The van der Waals surface area contributed by atoms with Gasteiger partial charge in [-0.25, -0.2) is 9.79 Å². The molecule has 0 radical (unpaired) electrons. The number of carbonyl (C=O) groups excluding carboxylic acids is 1. The molecule has 0 spiro atoms. The first-order valence-corrected chi connectivity index (χ1v) is 7.31. The number of urea groups is 1. The van der Waals surface area contributed by atoms with E-state index in [9.17, 15) is 10.1 Å². The second-order valence-electron chi connectivity index (χ2n) is 5.09. The van der Waals surface area contributed by atoms with E-state index < -0.39 is 0 Å². The molecule has 6 heteroatoms. The molecular formula is C17H15N5O. The molecule has 0 unspecified atom stereocenters. The highest BCUT2D eigenvalue weighted by Crippen LogP contribution is 2.34. The van der Waals surface area contributed by atoms with Gasteiger partial charge in [0, 0.05) is 36.5 Å². The predicted molar refractivity (Wildman–Crippen MR) is 87.4 cm³/mol. The molecule has 1 aliphatic rings. The Labute approximate surface area is 133 Å². The summed E-state index contributed by atoms with van der Waals surface area (Å²) >= 11 is 0. The minimum atomic E-state index is -0.287. The number of rotatable bonds is 2. The summed E-state index contributed by atoms with van der Waals surface area (Å²) in [5.41, 5.74) is 3.93. The highest BCUT2D eigenvalue weighted by Gasteiger charge is 2.21. The van der Waals surface area contributed by atoms with Crippen molar-refractivity contribution in [1.82, 2.24) is 15.6 Å². The largest absolute Gasteiger partial charge is 0.338 e. The summed E-state index contributed by atoms with van der Waals surface area (Å²) in [6, 6.07) is 9.46. The van der Waals surface area contributed by atoms with Gasteiger partial charge in [0.05, 0.1) is 17.3 Å². The first-order valence-electron chi connectivity index (χ1n) is 7.31. The fraction of sp³-hybridized carbons (Fsp3) is 0.176. The van der Waals surface area contributed by atoms with Crippen LogP contribution in [0.5, 0.6) is 0 Å². The smallest absolute Gasteiger partial charge is 0.320 e. The number of aliphatic imine (C=N–C) groups is 1. The van der Waals surface area contributed by atoms with Crippen molar-refractivity contribution in [1.29, 1.82) is 5.26 Å². The van der Waals surface area contributed by atoms with Crippen LogP contribution in [-0.4, -0.2) is 23.4 Å². The lowest BCUT2D eigenvalue weighted by Gasteiger charge is -2.06. The van der Waals surface area contributed by atoms with Crippen LogP contribution in [0.3, 0.4) is 0 Å². The lowest BCUT2D eigenvalue weighted by molar-refractivity contribution is 0.245. The van der Waals surface area contributed by atoms with Crippen LogP contribution in [0.2, 0.25) is 0 Å². The van der Waals surface area contributed by atoms with E-state index in [1.807, 2.05) is 31.2 Å². The van der Waals surface area contributed by atoms with E-state index in [2.05, 4.69) is 26.7 Å². The highest BCUT2D eigenvalue weighted by molar-refractivity contribution is 6.03. The van der Waals surface area contributed by atoms with Crippen molar-refractivity contribution >= 4 is 17.6 Å². The van der Waals surface area contributed by atoms with Crippen molar-refractivity contribution in [2.75, 3.05) is 6.54 Å². The quantitative estimate of drug-likeness (QED) is 0.893. The van der Waals surface area contributed by atoms with Crippen LogP contribution in [0.25, 0.3) is 11.1 Å². The van der Waals surface area contributed by atoms with Gasteiger partial charge in [-0.3, -0.25) is 10.3 Å². The van der Waals surface area contributed by atoms with Crippen molar-refractivity contribution in [3.05, 3.63) is 47.8 Å². The van der Waals surface area contributed by atoms with E-state index in [-0.39, 0.29) is 6.03 Å². The third-order valence-corrected chi connectivity index (χ3v) is 3.54. The molecule has 114 valence electrons. The topological polar surface area (TPSA) is 90.2 Å². The molecule has 6 nitrogen and oxygen atoms in total. The van der Waals surface area contributed by atoms with Crippen molar-refractivity contribution < 1.29 is 4.79 Å². The zero-order valence-corrected chi connectivity index (χ0v) is 12.6. The number of fused-ring (bicyclic) bond motifs is 1. The Morgan fingerprint density at radius 1 is 1.39 bits per heavy atom. The van der Waals surface area contributed by atoms with Gasteiger partial charge in [0.25, 0.3) is 0 Å². The van der Waals surface area contributed by atoms with Crippen LogP contribution in [0.1, 0.15) is 18.1 Å². The molecule has 2 amide bonds. The molecule has 0 fully saturated rings. The Bertz CT molecular complexity index is 821. The minimum absolute atomic E-state index is 0.287. The molecule has 0 saturated carbocycles. The van der Waals surface area contributed by atoms with Gasteiger partial charge >= 0.3 is 6.03 Å². The second kappa shape index (κ2) is 6.28. The number of nitrogens with zero attached hydrogens (tertiary/aromatic N) is 3. The number of carbonyl (C=O) groups is 1. The summed E-state index contributed by atoms with van der Waals surface area (Å²) in [5.74, 6) is 0.547. The maximum atomic E-state index is 11.6. The van der Waals surface area contributed by atoms with E-state index in [0.29, 0.717) is 24.4 Å². The summed E-state index contributed by atoms with van der Waals surface area (Å²) in [7, 11) is 0. The molecule has 0 bridgehead atoms. The molecule has 1 aliphatic heterocycles. The van der Waals surface area contributed by atoms with Gasteiger partial charge in [-0.05, 0) is 30.7 Å². The monoisotopic (exact) mass is 305 g/mol. The Balaban J connectivity index is 1.94. The van der Waals surface area contributed by atoms with Crippen LogP contribution in [-0.2, 0) is 6.42 Å². The van der Waals surface area contributed by atoms with E-state index in [1.165, 1.54) is 0 Å². The van der Waals surface area contributed by atoms with Crippen LogP contribution >= 0.6 is 0 Å². The van der Waals surface area contributed by atoms with Gasteiger partial charge in [0.1, 0.15) is 5.84 Å². The van der Waals surface area contributed by atoms with Gasteiger partial charge in [-0.2, -0.15) is 5.26 Å². The van der Waals surface area contributed by atoms with E-state index in [1.54, 1.807) is 12.4 Å². The molecule has 0 atom stereocenters. The van der Waals surface area contributed by atoms with Gasteiger partial charge in [0.2, 0.25) is 0 Å². The normalized spacial score (nSPS) is 12.1. The summed E-state index contributed by atoms with van der Waals surface area (Å²) in [6.45, 7) is 2.39. The first-order chi connectivity index (χ1) is 11.2. The molecule has 2 aromatic rings. The van der Waals surface area contributed by atoms with Crippen molar-refractivity contribution in [3.8, 4) is 17.2 Å². The van der Waals surface area contributed by atoms with Crippen LogP contribution in [0.15, 0.2) is 41.7 Å². The third kappa shape index (κ3) is 3.04. The lowest BCUT2D eigenvalue weighted by Crippen LogP contribution is -2.39. The fourth-order valence-electron chi connectivity index (χ4n) is 2.50. The fourth-order valence-corrected chi connectivity index (χ4v) is 2.50. The maximum absolute atomic E-state index is 11.6. The number of nitrogens with one attached hydrogen (secondary N) is 2. The van der Waals surface area contributed by atoms with Crippen LogP contribution < -0.4 is 10.6 Å². The zero-order valence-electron chi connectivity index (χ0n) is 12.6. The average Bonchev–Trinajstić information content (AvgIpc) is 2.97. The minimum Gasteiger partial charge on any atom is -0.338 e. The molecule has 0 saturated heterocycles. The third-order valence-electron chi connectivity index (χ3n) is 3.54. The van der Waals surface area contributed by atoms with Crippen molar-refractivity contribution in [3.63, 3.8) is 0 Å². The standard InChI is InChI=1S/C17H15N5O/c1-2-20-17(23)22-16-8-14-13(9-18)6-12(7-15(14)21-16)11-4-3-5-19-10-11/h3-7,10H,2,8H2,1H3,(H2,20,21,22,23). The Kier molecular flexibility index (Phi) is 4.02. The number of nitriles is 1. The summed E-state index contributed by atoms with van der Waals surface area (Å²) in [6.07, 6.45) is 3.90. The summed E-state index contributed by atoms with van der Waals surface area (Å²) in [4.78, 5) is 20.2. The number of amides is 2. The van der Waals surface area contributed by atoms with Crippen LogP contribution in [0.4, 0.5) is 10.5 Å². The molecule has 3 rings (SSSR count). The second-order valence-corrected chi connectivity index (χ2v) is 5.09. The van der Waals surface area contributed by atoms with Gasteiger partial charge < -0.3 is 5.32 Å². The van der Waals surface area contributed by atoms with E-state index in [0.717, 1.165) is 22.4 Å². The van der Waals surface area contributed by atoms with Gasteiger partial charge in [-0.1, -0.05) is 6.07 Å². The molecule has 1 aromatic heterocycles. The molecule has 2 N–H and O–H groups in total. The van der Waals surface area contributed by atoms with Gasteiger partial charge in [-0.15, -0.1) is 0 Å². The first kappa shape index (κ1) is 14.7. The van der Waals surface area contributed by atoms with Crippen molar-refractivity contribution in [2.24, 2.45) is 4.99 Å². The molecular weight excluding hydrogens is 290 g/mol. The number of benzene rings is 1. The number of hydrogen-bond acceptors (Lipinski definition) is 4. The Hall–Kier alpha value is -3.20. The number of hydrogen-bond donors (Lipinski definition) is 2. The van der Waals surface area contributed by atoms with Crippen LogP contribution in [0, 0.1) is 11.3 Å². The highest BCUT2D eigenvalue weighted by atomic mass is 16.2. The Morgan fingerprint density at radius 2 is 2.26 bits per heavy atom. The Morgan fingerprint density at radius 3 is 2.96 bits per heavy atom. The molecule has 2 heterocycles. The van der Waals surface area contributed by atoms with Gasteiger partial charge in [0.15, 0.2) is 0 Å².